The van der Waals surface area contributed by atoms with Crippen LogP contribution in [0.1, 0.15) is 17.0 Å². The van der Waals surface area contributed by atoms with Gasteiger partial charge in [0.2, 0.25) is 0 Å². The number of aromatic amines is 1. The number of nitrogens with zero attached hydrogens (tertiary/aromatic N) is 2. The van der Waals surface area contributed by atoms with Gasteiger partial charge in [-0.3, -0.25) is 0 Å². The van der Waals surface area contributed by atoms with E-state index in [2.05, 4.69) is 49.9 Å². The van der Waals surface area contributed by atoms with Crippen LogP contribution in [0, 0.1) is 6.92 Å². The first kappa shape index (κ1) is 11.4. The van der Waals surface area contributed by atoms with E-state index in [0.29, 0.717) is 0 Å². The van der Waals surface area contributed by atoms with E-state index in [-0.39, 0.29) is 0 Å². The maximum Gasteiger partial charge on any atom is 0.177 e. The van der Waals surface area contributed by atoms with E-state index in [0.717, 1.165) is 27.9 Å². The Kier molecular flexibility index (Phi) is 2.88. The predicted molar refractivity (Wildman–Crippen MR) is 75.6 cm³/mol. The van der Waals surface area contributed by atoms with Crippen LogP contribution in [-0.4, -0.2) is 15.0 Å². The average Bonchev–Trinajstić information content (AvgIpc) is 2.73. The fourth-order valence-electron chi connectivity index (χ4n) is 2.01. The molecule has 0 spiro atoms. The molecule has 0 aliphatic rings. The van der Waals surface area contributed by atoms with Crippen LogP contribution in [0.5, 0.6) is 0 Å². The molecular formula is C14H12BrN3. The first-order chi connectivity index (χ1) is 8.72. The Morgan fingerprint density at radius 3 is 2.94 bits per heavy atom. The van der Waals surface area contributed by atoms with Crippen molar-refractivity contribution in [1.29, 1.82) is 0 Å². The molecule has 3 nitrogen and oxygen atoms in total. The van der Waals surface area contributed by atoms with Crippen molar-refractivity contribution in [2.24, 2.45) is 0 Å². The average molecular weight is 302 g/mol. The number of imidazole rings is 1. The second kappa shape index (κ2) is 4.53. The first-order valence-corrected chi connectivity index (χ1v) is 6.56. The summed E-state index contributed by atoms with van der Waals surface area (Å²) in [5, 5.41) is 0. The third kappa shape index (κ3) is 2.16. The summed E-state index contributed by atoms with van der Waals surface area (Å²) in [6.07, 6.45) is 2.58. The van der Waals surface area contributed by atoms with Crippen LogP contribution < -0.4 is 0 Å². The van der Waals surface area contributed by atoms with Gasteiger partial charge in [0.1, 0.15) is 5.82 Å². The normalized spacial score (nSPS) is 11.0. The summed E-state index contributed by atoms with van der Waals surface area (Å²) in [4.78, 5) is 12.1. The van der Waals surface area contributed by atoms with Crippen molar-refractivity contribution < 1.29 is 0 Å². The maximum atomic E-state index is 4.52. The summed E-state index contributed by atoms with van der Waals surface area (Å²) in [7, 11) is 0. The minimum atomic E-state index is 0.787. The largest absolute Gasteiger partial charge is 0.340 e. The first-order valence-electron chi connectivity index (χ1n) is 5.77. The predicted octanol–water partition coefficient (Wildman–Crippen LogP) is 3.62. The third-order valence-corrected chi connectivity index (χ3v) is 3.40. The van der Waals surface area contributed by atoms with Crippen LogP contribution in [0.25, 0.3) is 11.2 Å². The quantitative estimate of drug-likeness (QED) is 0.785. The molecule has 0 unspecified atom stereocenters. The van der Waals surface area contributed by atoms with Gasteiger partial charge < -0.3 is 4.98 Å². The van der Waals surface area contributed by atoms with Gasteiger partial charge >= 0.3 is 0 Å². The molecule has 1 aromatic carbocycles. The number of pyridine rings is 1. The van der Waals surface area contributed by atoms with Crippen molar-refractivity contribution in [2.45, 2.75) is 13.3 Å². The molecule has 0 aliphatic carbocycles. The molecule has 1 N–H and O–H groups in total. The molecule has 2 heterocycles. The minimum absolute atomic E-state index is 0.787. The lowest BCUT2D eigenvalue weighted by molar-refractivity contribution is 1.03. The third-order valence-electron chi connectivity index (χ3n) is 2.91. The number of halogens is 1. The van der Waals surface area contributed by atoms with Gasteiger partial charge in [-0.2, -0.15) is 0 Å². The van der Waals surface area contributed by atoms with E-state index < -0.39 is 0 Å². The zero-order valence-electron chi connectivity index (χ0n) is 9.94. The number of aromatic nitrogens is 3. The number of H-pyrrole nitrogens is 1. The van der Waals surface area contributed by atoms with Gasteiger partial charge in [0.05, 0.1) is 5.52 Å². The maximum absolute atomic E-state index is 4.52. The van der Waals surface area contributed by atoms with E-state index >= 15 is 0 Å². The van der Waals surface area contributed by atoms with Gasteiger partial charge in [-0.1, -0.05) is 28.1 Å². The lowest BCUT2D eigenvalue weighted by atomic mass is 10.1. The highest BCUT2D eigenvalue weighted by molar-refractivity contribution is 9.10. The summed E-state index contributed by atoms with van der Waals surface area (Å²) >= 11 is 3.48. The Labute approximate surface area is 113 Å². The van der Waals surface area contributed by atoms with Crippen LogP contribution in [0.4, 0.5) is 0 Å². The summed E-state index contributed by atoms with van der Waals surface area (Å²) in [6.45, 7) is 2.06. The van der Waals surface area contributed by atoms with Gasteiger partial charge in [-0.25, -0.2) is 9.97 Å². The smallest absolute Gasteiger partial charge is 0.177 e. The van der Waals surface area contributed by atoms with E-state index in [1.165, 1.54) is 11.1 Å². The number of hydrogen-bond donors (Lipinski definition) is 1. The van der Waals surface area contributed by atoms with Crippen molar-refractivity contribution >= 4 is 27.1 Å². The van der Waals surface area contributed by atoms with E-state index in [9.17, 15) is 0 Å². The molecule has 0 amide bonds. The molecule has 0 fully saturated rings. The van der Waals surface area contributed by atoms with Crippen molar-refractivity contribution in [3.05, 3.63) is 58.0 Å². The second-order valence-electron chi connectivity index (χ2n) is 4.32. The van der Waals surface area contributed by atoms with Crippen LogP contribution in [0.3, 0.4) is 0 Å². The summed E-state index contributed by atoms with van der Waals surface area (Å²) in [5.41, 5.74) is 4.22. The Morgan fingerprint density at radius 1 is 1.28 bits per heavy atom. The fraction of sp³-hybridized carbons (Fsp3) is 0.143. The van der Waals surface area contributed by atoms with Crippen molar-refractivity contribution in [2.75, 3.05) is 0 Å². The highest BCUT2D eigenvalue weighted by atomic mass is 79.9. The molecule has 90 valence electrons. The lowest BCUT2D eigenvalue weighted by Crippen LogP contribution is -1.90. The van der Waals surface area contributed by atoms with Gasteiger partial charge in [0.15, 0.2) is 5.65 Å². The summed E-state index contributed by atoms with van der Waals surface area (Å²) in [6, 6.07) is 10.2. The van der Waals surface area contributed by atoms with E-state index in [1.54, 1.807) is 6.20 Å². The Morgan fingerprint density at radius 2 is 2.17 bits per heavy atom. The number of aryl methyl sites for hydroxylation is 1. The SMILES string of the molecule is Cc1ccnc2nc(Cc3cccc(Br)c3)[nH]c12. The number of fused-ring (bicyclic) bond motifs is 1. The zero-order chi connectivity index (χ0) is 12.5. The van der Waals surface area contributed by atoms with Gasteiger partial charge in [-0.15, -0.1) is 0 Å². The zero-order valence-corrected chi connectivity index (χ0v) is 11.5. The number of hydrogen-bond acceptors (Lipinski definition) is 2. The van der Waals surface area contributed by atoms with Crippen LogP contribution in [0.15, 0.2) is 41.0 Å². The fourth-order valence-corrected chi connectivity index (χ4v) is 2.45. The van der Waals surface area contributed by atoms with Crippen molar-refractivity contribution in [3.8, 4) is 0 Å². The molecule has 0 saturated carbocycles. The van der Waals surface area contributed by atoms with Crippen molar-refractivity contribution in [1.82, 2.24) is 15.0 Å². The Bertz CT molecular complexity index is 703. The summed E-state index contributed by atoms with van der Waals surface area (Å²) < 4.78 is 1.09. The topological polar surface area (TPSA) is 41.6 Å². The van der Waals surface area contributed by atoms with Gasteiger partial charge in [-0.05, 0) is 36.2 Å². The van der Waals surface area contributed by atoms with Crippen molar-refractivity contribution in [3.63, 3.8) is 0 Å². The molecule has 3 rings (SSSR count). The monoisotopic (exact) mass is 301 g/mol. The molecule has 0 radical (unpaired) electrons. The molecule has 4 heteroatoms. The number of nitrogens with one attached hydrogen (secondary N) is 1. The molecule has 0 atom stereocenters. The van der Waals surface area contributed by atoms with Gasteiger partial charge in [0.25, 0.3) is 0 Å². The molecule has 0 saturated heterocycles. The Balaban J connectivity index is 1.98. The number of rotatable bonds is 2. The lowest BCUT2D eigenvalue weighted by Gasteiger charge is -1.98. The molecule has 0 bridgehead atoms. The standard InChI is InChI=1S/C14H12BrN3/c1-9-5-6-16-14-13(9)17-12(18-14)8-10-3-2-4-11(15)7-10/h2-7H,8H2,1H3,(H,16,17,18). The molecule has 2 aromatic heterocycles. The van der Waals surface area contributed by atoms with Crippen LogP contribution in [0.2, 0.25) is 0 Å². The van der Waals surface area contributed by atoms with Crippen LogP contribution >= 0.6 is 15.9 Å². The molecule has 0 aliphatic heterocycles. The molecule has 18 heavy (non-hydrogen) atoms. The molecular weight excluding hydrogens is 290 g/mol. The Hall–Kier alpha value is -1.68. The van der Waals surface area contributed by atoms with E-state index in [1.807, 2.05) is 18.2 Å². The van der Waals surface area contributed by atoms with E-state index in [4.69, 9.17) is 0 Å². The number of benzene rings is 1. The second-order valence-corrected chi connectivity index (χ2v) is 5.23. The minimum Gasteiger partial charge on any atom is -0.340 e. The summed E-state index contributed by atoms with van der Waals surface area (Å²) in [5.74, 6) is 0.949. The highest BCUT2D eigenvalue weighted by Crippen LogP contribution is 2.17. The highest BCUT2D eigenvalue weighted by Gasteiger charge is 2.06. The molecule has 3 aromatic rings. The van der Waals surface area contributed by atoms with Gasteiger partial charge in [0, 0.05) is 17.1 Å². The van der Waals surface area contributed by atoms with Crippen LogP contribution in [-0.2, 0) is 6.42 Å².